The third-order valence-electron chi connectivity index (χ3n) is 3.25. The summed E-state index contributed by atoms with van der Waals surface area (Å²) < 4.78 is 5.51. The first kappa shape index (κ1) is 8.52. The predicted octanol–water partition coefficient (Wildman–Crippen LogP) is 1.41. The molecular weight excluding hydrogens is 150 g/mol. The fraction of sp³-hybridized carbons (Fsp3) is 1.00. The van der Waals surface area contributed by atoms with Crippen molar-refractivity contribution in [1.29, 1.82) is 0 Å². The minimum absolute atomic E-state index is 0.876. The lowest BCUT2D eigenvalue weighted by atomic mass is 9.82. The normalized spacial score (nSPS) is 33.5. The predicted molar refractivity (Wildman–Crippen MR) is 49.1 cm³/mol. The monoisotopic (exact) mass is 169 g/mol. The molecule has 2 heteroatoms. The molecule has 0 unspecified atom stereocenters. The Morgan fingerprint density at radius 1 is 1.00 bits per heavy atom. The second kappa shape index (κ2) is 4.24. The highest BCUT2D eigenvalue weighted by atomic mass is 16.5. The van der Waals surface area contributed by atoms with E-state index in [1.807, 2.05) is 0 Å². The van der Waals surface area contributed by atoms with Crippen LogP contribution in [0.2, 0.25) is 0 Å². The Bertz CT molecular complexity index is 110. The van der Waals surface area contributed by atoms with Gasteiger partial charge >= 0.3 is 0 Å². The van der Waals surface area contributed by atoms with E-state index in [1.54, 1.807) is 0 Å². The average molecular weight is 169 g/mol. The van der Waals surface area contributed by atoms with Gasteiger partial charge in [-0.2, -0.15) is 0 Å². The van der Waals surface area contributed by atoms with Gasteiger partial charge in [-0.1, -0.05) is 0 Å². The molecule has 1 N–H and O–H groups in total. The van der Waals surface area contributed by atoms with Crippen LogP contribution in [0, 0.1) is 11.8 Å². The number of rotatable bonds is 1. The maximum Gasteiger partial charge on any atom is 0.0496 e. The molecule has 0 aromatic carbocycles. The molecule has 0 saturated carbocycles. The standard InChI is InChI=1S/C10H19NO/c1-2-10(8-12-7-1)9-3-5-11-6-4-9/h9-11H,1-8H2/t10-/m0/s1. The third kappa shape index (κ3) is 1.99. The van der Waals surface area contributed by atoms with Crippen LogP contribution in [0.1, 0.15) is 25.7 Å². The number of hydrogen-bond donors (Lipinski definition) is 1. The smallest absolute Gasteiger partial charge is 0.0496 e. The summed E-state index contributed by atoms with van der Waals surface area (Å²) in [4.78, 5) is 0. The lowest BCUT2D eigenvalue weighted by Gasteiger charge is -2.33. The molecule has 12 heavy (non-hydrogen) atoms. The van der Waals surface area contributed by atoms with E-state index < -0.39 is 0 Å². The van der Waals surface area contributed by atoms with Crippen LogP contribution in [0.5, 0.6) is 0 Å². The van der Waals surface area contributed by atoms with Crippen molar-refractivity contribution in [2.75, 3.05) is 26.3 Å². The molecular formula is C10H19NO. The van der Waals surface area contributed by atoms with E-state index in [0.29, 0.717) is 0 Å². The van der Waals surface area contributed by atoms with Crippen molar-refractivity contribution >= 4 is 0 Å². The maximum absolute atomic E-state index is 5.51. The molecule has 0 aromatic rings. The second-order valence-corrected chi connectivity index (χ2v) is 4.06. The first-order valence-corrected chi connectivity index (χ1v) is 5.25. The summed E-state index contributed by atoms with van der Waals surface area (Å²) in [5.41, 5.74) is 0. The molecule has 0 aromatic heterocycles. The molecule has 2 rings (SSSR count). The first-order valence-electron chi connectivity index (χ1n) is 5.25. The van der Waals surface area contributed by atoms with E-state index in [0.717, 1.165) is 25.0 Å². The van der Waals surface area contributed by atoms with Crippen LogP contribution in [0.15, 0.2) is 0 Å². The highest BCUT2D eigenvalue weighted by Crippen LogP contribution is 2.28. The summed E-state index contributed by atoms with van der Waals surface area (Å²) in [6, 6.07) is 0. The summed E-state index contributed by atoms with van der Waals surface area (Å²) in [6.07, 6.45) is 5.43. The van der Waals surface area contributed by atoms with E-state index in [1.165, 1.54) is 38.8 Å². The second-order valence-electron chi connectivity index (χ2n) is 4.06. The Hall–Kier alpha value is -0.0800. The molecule has 2 fully saturated rings. The Labute approximate surface area is 74.7 Å². The van der Waals surface area contributed by atoms with Crippen molar-refractivity contribution < 1.29 is 4.74 Å². The van der Waals surface area contributed by atoms with E-state index in [2.05, 4.69) is 5.32 Å². The zero-order valence-electron chi connectivity index (χ0n) is 7.72. The van der Waals surface area contributed by atoms with Gasteiger partial charge in [0.25, 0.3) is 0 Å². The lowest BCUT2D eigenvalue weighted by Crippen LogP contribution is -2.34. The van der Waals surface area contributed by atoms with Crippen molar-refractivity contribution in [3.8, 4) is 0 Å². The molecule has 70 valence electrons. The van der Waals surface area contributed by atoms with Crippen LogP contribution in [0.4, 0.5) is 0 Å². The van der Waals surface area contributed by atoms with Crippen molar-refractivity contribution in [2.24, 2.45) is 11.8 Å². The van der Waals surface area contributed by atoms with Crippen molar-refractivity contribution in [3.05, 3.63) is 0 Å². The minimum Gasteiger partial charge on any atom is -0.381 e. The largest absolute Gasteiger partial charge is 0.381 e. The van der Waals surface area contributed by atoms with Crippen LogP contribution in [-0.4, -0.2) is 26.3 Å². The van der Waals surface area contributed by atoms with Crippen LogP contribution in [0.3, 0.4) is 0 Å². The summed E-state index contributed by atoms with van der Waals surface area (Å²) in [7, 11) is 0. The molecule has 2 aliphatic rings. The Kier molecular flexibility index (Phi) is 3.01. The molecule has 2 heterocycles. The molecule has 2 aliphatic heterocycles. The zero-order valence-corrected chi connectivity index (χ0v) is 7.72. The highest BCUT2D eigenvalue weighted by molar-refractivity contribution is 4.77. The van der Waals surface area contributed by atoms with Crippen molar-refractivity contribution in [3.63, 3.8) is 0 Å². The molecule has 0 spiro atoms. The fourth-order valence-corrected chi connectivity index (χ4v) is 2.45. The van der Waals surface area contributed by atoms with Crippen molar-refractivity contribution in [2.45, 2.75) is 25.7 Å². The van der Waals surface area contributed by atoms with Gasteiger partial charge in [0.15, 0.2) is 0 Å². The molecule has 0 bridgehead atoms. The van der Waals surface area contributed by atoms with Gasteiger partial charge in [0, 0.05) is 13.2 Å². The van der Waals surface area contributed by atoms with Gasteiger partial charge in [-0.25, -0.2) is 0 Å². The molecule has 2 saturated heterocycles. The van der Waals surface area contributed by atoms with Crippen LogP contribution < -0.4 is 5.32 Å². The topological polar surface area (TPSA) is 21.3 Å². The summed E-state index contributed by atoms with van der Waals surface area (Å²) >= 11 is 0. The third-order valence-corrected chi connectivity index (χ3v) is 3.25. The summed E-state index contributed by atoms with van der Waals surface area (Å²) in [5.74, 6) is 1.83. The van der Waals surface area contributed by atoms with Crippen LogP contribution >= 0.6 is 0 Å². The van der Waals surface area contributed by atoms with E-state index >= 15 is 0 Å². The Morgan fingerprint density at radius 2 is 1.83 bits per heavy atom. The van der Waals surface area contributed by atoms with Gasteiger partial charge in [-0.3, -0.25) is 0 Å². The summed E-state index contributed by atoms with van der Waals surface area (Å²) in [6.45, 7) is 4.48. The van der Waals surface area contributed by atoms with Crippen LogP contribution in [-0.2, 0) is 4.74 Å². The number of piperidine rings is 1. The lowest BCUT2D eigenvalue weighted by molar-refractivity contribution is 0.0239. The molecule has 1 atom stereocenters. The Balaban J connectivity index is 1.80. The van der Waals surface area contributed by atoms with Gasteiger partial charge in [0.1, 0.15) is 0 Å². The fourth-order valence-electron chi connectivity index (χ4n) is 2.45. The number of ether oxygens (including phenoxy) is 1. The van der Waals surface area contributed by atoms with Crippen molar-refractivity contribution in [1.82, 2.24) is 5.32 Å². The average Bonchev–Trinajstić information content (AvgIpc) is 2.21. The van der Waals surface area contributed by atoms with Gasteiger partial charge in [-0.15, -0.1) is 0 Å². The maximum atomic E-state index is 5.51. The minimum atomic E-state index is 0.876. The molecule has 2 nitrogen and oxygen atoms in total. The Morgan fingerprint density at radius 3 is 2.50 bits per heavy atom. The van der Waals surface area contributed by atoms with Crippen LogP contribution in [0.25, 0.3) is 0 Å². The van der Waals surface area contributed by atoms with Gasteiger partial charge < -0.3 is 10.1 Å². The van der Waals surface area contributed by atoms with E-state index in [-0.39, 0.29) is 0 Å². The molecule has 0 radical (unpaired) electrons. The number of nitrogens with one attached hydrogen (secondary N) is 1. The highest BCUT2D eigenvalue weighted by Gasteiger charge is 2.25. The molecule has 0 amide bonds. The van der Waals surface area contributed by atoms with E-state index in [9.17, 15) is 0 Å². The molecule has 0 aliphatic carbocycles. The van der Waals surface area contributed by atoms with E-state index in [4.69, 9.17) is 4.74 Å². The number of hydrogen-bond acceptors (Lipinski definition) is 2. The summed E-state index contributed by atoms with van der Waals surface area (Å²) in [5, 5.41) is 3.41. The SMILES string of the molecule is C1COC[C@@H](C2CCNCC2)C1. The van der Waals surface area contributed by atoms with Gasteiger partial charge in [0.05, 0.1) is 0 Å². The van der Waals surface area contributed by atoms with Gasteiger partial charge in [0.2, 0.25) is 0 Å². The first-order chi connectivity index (χ1) is 5.97. The van der Waals surface area contributed by atoms with Gasteiger partial charge in [-0.05, 0) is 50.6 Å². The quantitative estimate of drug-likeness (QED) is 0.641. The zero-order chi connectivity index (χ0) is 8.23.